The lowest BCUT2D eigenvalue weighted by Gasteiger charge is -2.31. The van der Waals surface area contributed by atoms with Crippen molar-refractivity contribution >= 4 is 58.5 Å². The molecule has 7 aromatic rings. The van der Waals surface area contributed by atoms with E-state index in [0.29, 0.717) is 66.1 Å². The normalized spacial score (nSPS) is 18.8. The third kappa shape index (κ3) is 15.9. The van der Waals surface area contributed by atoms with E-state index in [1.807, 2.05) is 108 Å². The van der Waals surface area contributed by atoms with E-state index in [0.717, 1.165) is 81.0 Å². The molecule has 1 saturated carbocycles. The minimum Gasteiger partial charge on any atom is -0.497 e. The fourth-order valence-corrected chi connectivity index (χ4v) is 15.3. The highest BCUT2D eigenvalue weighted by molar-refractivity contribution is 6.06. The zero-order chi connectivity index (χ0) is 75.5. The fourth-order valence-electron chi connectivity index (χ4n) is 15.3. The van der Waals surface area contributed by atoms with Crippen LogP contribution in [0, 0.1) is 23.2 Å². The van der Waals surface area contributed by atoms with Gasteiger partial charge >= 0.3 is 12.1 Å². The lowest BCUT2D eigenvalue weighted by molar-refractivity contribution is -0.152. The molecule has 1 saturated heterocycles. The maximum atomic E-state index is 14.6. The monoisotopic (exact) mass is 1460 g/mol. The van der Waals surface area contributed by atoms with Crippen LogP contribution in [0.15, 0.2) is 128 Å². The number of ether oxygens (including phenoxy) is 7. The minimum absolute atomic E-state index is 0.00734. The van der Waals surface area contributed by atoms with Gasteiger partial charge in [-0.3, -0.25) is 33.6 Å². The molecule has 24 heteroatoms. The van der Waals surface area contributed by atoms with Gasteiger partial charge in [-0.15, -0.1) is 5.10 Å². The van der Waals surface area contributed by atoms with Crippen molar-refractivity contribution < 1.29 is 76.6 Å². The van der Waals surface area contributed by atoms with E-state index in [-0.39, 0.29) is 109 Å². The second kappa shape index (κ2) is 31.7. The Kier molecular flexibility index (Phi) is 22.0. The van der Waals surface area contributed by atoms with Crippen LogP contribution in [0.3, 0.4) is 0 Å². The van der Waals surface area contributed by atoms with E-state index >= 15 is 0 Å². The average Bonchev–Trinajstić information content (AvgIpc) is 1.57. The molecule has 3 N–H and O–H groups in total. The number of esters is 1. The number of nitrogens with one attached hydrogen (secondary N) is 2. The highest BCUT2D eigenvalue weighted by Gasteiger charge is 2.58. The van der Waals surface area contributed by atoms with Gasteiger partial charge in [0.1, 0.15) is 24.2 Å². The molecule has 7 atom stereocenters. The Morgan fingerprint density at radius 2 is 1.38 bits per heavy atom. The molecule has 4 aliphatic heterocycles. The molecule has 1 aromatic heterocycles. The zero-order valence-corrected chi connectivity index (χ0v) is 61.9. The topological polar surface area (TPSA) is 286 Å². The van der Waals surface area contributed by atoms with Crippen molar-refractivity contribution in [3.63, 3.8) is 0 Å². The van der Waals surface area contributed by atoms with Crippen molar-refractivity contribution in [2.75, 3.05) is 52.5 Å². The van der Waals surface area contributed by atoms with Gasteiger partial charge in [-0.25, -0.2) is 14.4 Å². The Bertz CT molecular complexity index is 4600. The van der Waals surface area contributed by atoms with Crippen LogP contribution in [-0.2, 0) is 59.3 Å². The van der Waals surface area contributed by atoms with Crippen molar-refractivity contribution in [1.82, 2.24) is 35.4 Å². The lowest BCUT2D eigenvalue weighted by atomic mass is 9.87. The Morgan fingerprint density at radius 3 is 2.07 bits per heavy atom. The van der Waals surface area contributed by atoms with Gasteiger partial charge in [0.05, 0.1) is 76.5 Å². The first-order valence-corrected chi connectivity index (χ1v) is 36.9. The van der Waals surface area contributed by atoms with Crippen LogP contribution in [0.5, 0.6) is 28.7 Å². The number of rotatable bonds is 27. The predicted molar refractivity (Wildman–Crippen MR) is 397 cm³/mol. The summed E-state index contributed by atoms with van der Waals surface area (Å²) in [4.78, 5) is 116. The van der Waals surface area contributed by atoms with Gasteiger partial charge in [-0.1, -0.05) is 111 Å². The summed E-state index contributed by atoms with van der Waals surface area (Å²) in [6.45, 7) is 11.0. The number of carbonyl (C=O) groups excluding carboxylic acids is 8. The van der Waals surface area contributed by atoms with Crippen LogP contribution >= 0.6 is 0 Å². The van der Waals surface area contributed by atoms with E-state index in [2.05, 4.69) is 20.9 Å². The van der Waals surface area contributed by atoms with Crippen LogP contribution in [-0.4, -0.2) is 149 Å². The summed E-state index contributed by atoms with van der Waals surface area (Å²) in [6, 6.07) is 35.3. The van der Waals surface area contributed by atoms with Gasteiger partial charge in [-0.05, 0) is 134 Å². The van der Waals surface area contributed by atoms with Crippen LogP contribution in [0.1, 0.15) is 159 Å². The molecule has 13 rings (SSSR count). The summed E-state index contributed by atoms with van der Waals surface area (Å²) in [5, 5.41) is 26.8. The highest BCUT2D eigenvalue weighted by atomic mass is 16.6. The summed E-state index contributed by atoms with van der Waals surface area (Å²) < 4.78 is 43.5. The van der Waals surface area contributed by atoms with Crippen molar-refractivity contribution in [2.24, 2.45) is 23.2 Å². The third-order valence-corrected chi connectivity index (χ3v) is 21.6. The molecule has 2 aliphatic carbocycles. The number of Topliss-reactive ketones (excluding diaryl/α,β-unsaturated/α-hetero) is 2. The number of ketones is 2. The summed E-state index contributed by atoms with van der Waals surface area (Å²) in [6.07, 6.45) is 3.56. The zero-order valence-electron chi connectivity index (χ0n) is 61.9. The number of aryl methyl sites for hydroxylation is 1. The Hall–Kier alpha value is -10.9. The molecule has 1 spiro atoms. The van der Waals surface area contributed by atoms with Crippen LogP contribution in [0.4, 0.5) is 10.5 Å². The number of carbonyl (C=O) groups is 8. The van der Waals surface area contributed by atoms with E-state index in [1.54, 1.807) is 70.0 Å². The molecule has 6 aromatic carbocycles. The fraction of sp³-hybridized carbons (Fsp3) is 0.422. The largest absolute Gasteiger partial charge is 0.497 e. The lowest BCUT2D eigenvalue weighted by Crippen LogP contribution is -2.50. The molecule has 5 amide bonds. The number of hydrogen-bond acceptors (Lipinski definition) is 18. The number of benzene rings is 6. The maximum Gasteiger partial charge on any atom is 0.416 e. The number of nitrogens with zero attached hydrogens (tertiary/aromatic N) is 6. The van der Waals surface area contributed by atoms with Crippen LogP contribution < -0.4 is 39.2 Å². The molecule has 2 fully saturated rings. The van der Waals surface area contributed by atoms with E-state index in [9.17, 15) is 43.5 Å². The number of hydrogen-bond donors (Lipinski definition) is 3. The number of fused-ring (bicyclic) bond motifs is 9. The average molecular weight is 1460 g/mol. The predicted octanol–water partition coefficient (Wildman–Crippen LogP) is 11.6. The highest BCUT2D eigenvalue weighted by Crippen LogP contribution is 2.57. The van der Waals surface area contributed by atoms with Crippen LogP contribution in [0.2, 0.25) is 0 Å². The molecular weight excluding hydrogens is 1360 g/mol. The molecule has 560 valence electrons. The van der Waals surface area contributed by atoms with Crippen molar-refractivity contribution in [3.05, 3.63) is 172 Å². The smallest absolute Gasteiger partial charge is 0.416 e. The van der Waals surface area contributed by atoms with E-state index in [4.69, 9.17) is 33.2 Å². The number of anilines is 1. The molecule has 0 bridgehead atoms. The number of amides is 5. The number of aliphatic hydroxyl groups is 1. The van der Waals surface area contributed by atoms with Gasteiger partial charge in [0.2, 0.25) is 11.8 Å². The number of methoxy groups -OCH3 is 3. The first kappa shape index (κ1) is 74.4. The molecule has 0 radical (unpaired) electrons. The van der Waals surface area contributed by atoms with Gasteiger partial charge < -0.3 is 58.7 Å². The summed E-state index contributed by atoms with van der Waals surface area (Å²) in [5.41, 5.74) is 9.83. The molecule has 107 heavy (non-hydrogen) atoms. The number of aliphatic hydroxyl groups excluding tert-OH is 1. The Balaban J connectivity index is 0.585. The summed E-state index contributed by atoms with van der Waals surface area (Å²) >= 11 is 0. The van der Waals surface area contributed by atoms with Crippen molar-refractivity contribution in [1.29, 1.82) is 0 Å². The summed E-state index contributed by atoms with van der Waals surface area (Å²) in [5.74, 6) is -2.65. The van der Waals surface area contributed by atoms with Crippen molar-refractivity contribution in [3.8, 4) is 51.3 Å². The second-order valence-corrected chi connectivity index (χ2v) is 29.6. The van der Waals surface area contributed by atoms with E-state index in [1.165, 1.54) is 26.4 Å². The van der Waals surface area contributed by atoms with Crippen LogP contribution in [0.25, 0.3) is 28.1 Å². The molecule has 24 nitrogen and oxygen atoms in total. The standard InChI is InChI=1S/C83H92N8O16/c1-47(2)63(38-58(92)43-84-77(95)49(5)33-74(94)107-69-36-54-15-10-11-16-60(54)76-75(86-87-91(76)48(3)4)62-18-13-12-17-61(62)69)78(96)85-50(6)68(93)34-51-19-21-52(22-20-51)45-106-82(100)90-66-41-73(71(103-9)40-65(66)80(98)89-46-83(29-30-83)42-67(89)81(90)99)105-32-14-31-104-72-37-55-23-26-57-35-56(53-24-27-59(101-7)28-25-53)44-88(57)79(97)64(55)39-70(72)102-8/h10-13,15-22,24-25,27-28,37,39-41,44,47-50,57,63,67,69,81,99H,14,23,26,29-36,38,42-43,45-46H2,1-9H3,(H,84,95)(H,85,96)/t49?,50-,57+,63-,67-,69?,81?/m0/s1. The van der Waals surface area contributed by atoms with Crippen molar-refractivity contribution in [2.45, 2.75) is 155 Å². The Labute approximate surface area is 622 Å². The van der Waals surface area contributed by atoms with Gasteiger partial charge in [0.25, 0.3) is 11.8 Å². The second-order valence-electron chi connectivity index (χ2n) is 29.6. The summed E-state index contributed by atoms with van der Waals surface area (Å²) in [7, 11) is 4.62. The van der Waals surface area contributed by atoms with Gasteiger partial charge in [0, 0.05) is 90.7 Å². The first-order valence-electron chi connectivity index (χ1n) is 36.9. The molecule has 6 aliphatic rings. The quantitative estimate of drug-likeness (QED) is 0.0318. The SMILES string of the molecule is COc1ccc(C2=CN3C(=O)c4cc(OC)c(OCCCOc5cc6c(cc5OC)C(=O)N5CC7(CC7)C[C@H]5C(O)N6C(=O)OCc5ccc(CC(=O)[C@H](C)NC(=O)[C@@H](CC(=O)CNC(=O)C(C)CC(=O)OC6Cc7ccccc7-c7c(nnn7C(C)C)-c7ccccc76)C(C)C)cc5)cc4CC[C@@H]3C2)cc1. The molecular formula is C83H92N8O16. The van der Waals surface area contributed by atoms with Gasteiger partial charge in [-0.2, -0.15) is 0 Å². The maximum absolute atomic E-state index is 14.6. The van der Waals surface area contributed by atoms with E-state index < -0.39 is 65.9 Å². The first-order chi connectivity index (χ1) is 51.5. The Morgan fingerprint density at radius 1 is 0.701 bits per heavy atom. The minimum atomic E-state index is -1.48. The molecule has 3 unspecified atom stereocenters. The number of aromatic nitrogens is 3. The van der Waals surface area contributed by atoms with Gasteiger partial charge in [0.15, 0.2) is 40.8 Å². The third-order valence-electron chi connectivity index (χ3n) is 21.6. The molecule has 5 heterocycles.